The van der Waals surface area contributed by atoms with E-state index < -0.39 is 30.1 Å². The number of primary amides is 1. The van der Waals surface area contributed by atoms with E-state index in [0.29, 0.717) is 0 Å². The highest BCUT2D eigenvalue weighted by Crippen LogP contribution is 2.30. The lowest BCUT2D eigenvalue weighted by atomic mass is 10.2. The fourth-order valence-corrected chi connectivity index (χ4v) is 2.62. The topological polar surface area (TPSA) is 138 Å². The molecule has 0 aliphatic rings. The van der Waals surface area contributed by atoms with Crippen LogP contribution in [-0.4, -0.2) is 49.1 Å². The molecule has 0 unspecified atom stereocenters. The largest absolute Gasteiger partial charge is 0.461 e. The van der Waals surface area contributed by atoms with E-state index in [1.807, 2.05) is 0 Å². The van der Waals surface area contributed by atoms with Gasteiger partial charge >= 0.3 is 12.5 Å². The molecular weight excluding hydrogens is 462 g/mol. The Hall–Kier alpha value is -3.81. The van der Waals surface area contributed by atoms with Crippen LogP contribution in [0.4, 0.5) is 17.6 Å². The minimum Gasteiger partial charge on any atom is -0.428 e. The molecule has 0 bridgehead atoms. The smallest absolute Gasteiger partial charge is 0.428 e. The number of alkyl halides is 4. The first-order chi connectivity index (χ1) is 15.1. The fourth-order valence-electron chi connectivity index (χ4n) is 2.39. The van der Waals surface area contributed by atoms with Gasteiger partial charge in [-0.2, -0.15) is 27.3 Å². The summed E-state index contributed by atoms with van der Waals surface area (Å²) in [7, 11) is 0. The van der Waals surface area contributed by atoms with Crippen molar-refractivity contribution in [2.45, 2.75) is 19.1 Å². The number of carbonyl (C=O) groups is 2. The number of nitrogens with zero attached hydrogens (tertiary/aromatic N) is 5. The molecule has 0 aliphatic heterocycles. The Kier molecular flexibility index (Phi) is 6.53. The summed E-state index contributed by atoms with van der Waals surface area (Å²) in [6.07, 6.45) is -6.61. The number of benzene rings is 1. The molecular formula is C17H12ClF4N7O3. The average Bonchev–Trinajstić information content (AvgIpc) is 3.19. The van der Waals surface area contributed by atoms with Crippen LogP contribution in [0.2, 0.25) is 5.02 Å². The van der Waals surface area contributed by atoms with Gasteiger partial charge in [0.1, 0.15) is 24.1 Å². The van der Waals surface area contributed by atoms with Crippen LogP contribution in [-0.2, 0) is 6.54 Å². The summed E-state index contributed by atoms with van der Waals surface area (Å²) in [6.45, 7) is -0.218. The summed E-state index contributed by atoms with van der Waals surface area (Å²) in [5.41, 5.74) is 4.86. The first-order valence-electron chi connectivity index (χ1n) is 8.51. The lowest BCUT2D eigenvalue weighted by molar-refractivity contribution is -0.253. The molecule has 0 radical (unpaired) electrons. The fraction of sp³-hybridized carbons (Fsp3) is 0.176. The van der Waals surface area contributed by atoms with E-state index in [0.717, 1.165) is 30.9 Å². The predicted molar refractivity (Wildman–Crippen MR) is 99.7 cm³/mol. The summed E-state index contributed by atoms with van der Waals surface area (Å²) >= 11 is 5.78. The molecule has 15 heteroatoms. The van der Waals surface area contributed by atoms with Gasteiger partial charge in [-0.15, -0.1) is 0 Å². The van der Waals surface area contributed by atoms with Gasteiger partial charge in [0.2, 0.25) is 0 Å². The van der Waals surface area contributed by atoms with E-state index in [-0.39, 0.29) is 34.5 Å². The molecule has 32 heavy (non-hydrogen) atoms. The summed E-state index contributed by atoms with van der Waals surface area (Å²) in [5, 5.41) is 6.19. The maximum atomic E-state index is 13.1. The highest BCUT2D eigenvalue weighted by molar-refractivity contribution is 6.31. The second-order valence-corrected chi connectivity index (χ2v) is 6.47. The molecule has 0 spiro atoms. The Morgan fingerprint density at radius 2 is 1.91 bits per heavy atom. The standard InChI is InChI=1S/C17H12ClF4N7O3/c18-9-1-8(2-10(3-9)32-17(21,22)16(19)20)15(31)24-5-13-27-7-28-29(13)12-4-11(14(23)30)25-6-26-12/h1-4,6-7,16H,5H2,(H2,23,30)(H,24,31). The van der Waals surface area contributed by atoms with Crippen molar-refractivity contribution in [3.63, 3.8) is 0 Å². The van der Waals surface area contributed by atoms with Crippen molar-refractivity contribution < 1.29 is 31.9 Å². The van der Waals surface area contributed by atoms with Gasteiger partial charge < -0.3 is 15.8 Å². The molecule has 3 aromatic rings. The van der Waals surface area contributed by atoms with Crippen molar-refractivity contribution in [3.05, 3.63) is 59.0 Å². The number of nitrogens with one attached hydrogen (secondary N) is 1. The van der Waals surface area contributed by atoms with Crippen molar-refractivity contribution in [2.24, 2.45) is 5.73 Å². The highest BCUT2D eigenvalue weighted by Gasteiger charge is 2.44. The summed E-state index contributed by atoms with van der Waals surface area (Å²) in [4.78, 5) is 35.3. The van der Waals surface area contributed by atoms with E-state index in [9.17, 15) is 27.2 Å². The van der Waals surface area contributed by atoms with Crippen molar-refractivity contribution in [1.29, 1.82) is 0 Å². The predicted octanol–water partition coefficient (Wildman–Crippen LogP) is 1.98. The first kappa shape index (κ1) is 22.9. The van der Waals surface area contributed by atoms with Gasteiger partial charge in [0.25, 0.3) is 11.8 Å². The van der Waals surface area contributed by atoms with E-state index in [2.05, 4.69) is 30.1 Å². The molecule has 0 aliphatic carbocycles. The number of halogens is 5. The second kappa shape index (κ2) is 9.13. The molecule has 2 heterocycles. The Labute approximate surface area is 181 Å². The number of ether oxygens (including phenoxy) is 1. The van der Waals surface area contributed by atoms with Gasteiger partial charge in [-0.1, -0.05) is 11.6 Å². The maximum Gasteiger partial charge on any atom is 0.461 e. The third-order valence-corrected chi connectivity index (χ3v) is 4.01. The number of nitrogens with two attached hydrogens (primary N) is 1. The number of aromatic nitrogens is 5. The Balaban J connectivity index is 1.76. The van der Waals surface area contributed by atoms with E-state index in [4.69, 9.17) is 17.3 Å². The Morgan fingerprint density at radius 3 is 2.59 bits per heavy atom. The zero-order valence-corrected chi connectivity index (χ0v) is 16.4. The second-order valence-electron chi connectivity index (χ2n) is 6.04. The molecule has 3 rings (SSSR count). The van der Waals surface area contributed by atoms with Gasteiger partial charge in [-0.05, 0) is 18.2 Å². The molecule has 168 valence electrons. The molecule has 0 atom stereocenters. The number of rotatable bonds is 8. The lowest BCUT2D eigenvalue weighted by Crippen LogP contribution is -2.33. The van der Waals surface area contributed by atoms with Gasteiger partial charge in [0.05, 0.1) is 6.54 Å². The SMILES string of the molecule is NC(=O)c1cc(-n2ncnc2CNC(=O)c2cc(Cl)cc(OC(F)(F)C(F)F)c2)ncn1. The minimum absolute atomic E-state index is 0.0764. The Bertz CT molecular complexity index is 1160. The van der Waals surface area contributed by atoms with Crippen LogP contribution in [0.3, 0.4) is 0 Å². The van der Waals surface area contributed by atoms with Crippen molar-refractivity contribution >= 4 is 23.4 Å². The monoisotopic (exact) mass is 473 g/mol. The third kappa shape index (κ3) is 5.26. The van der Waals surface area contributed by atoms with Crippen LogP contribution in [0.25, 0.3) is 5.82 Å². The molecule has 2 amide bonds. The lowest BCUT2D eigenvalue weighted by Gasteiger charge is -2.17. The minimum atomic E-state index is -4.77. The van der Waals surface area contributed by atoms with Crippen LogP contribution >= 0.6 is 11.6 Å². The average molecular weight is 474 g/mol. The van der Waals surface area contributed by atoms with Gasteiger partial charge in [-0.25, -0.2) is 15.0 Å². The van der Waals surface area contributed by atoms with Crippen LogP contribution < -0.4 is 15.8 Å². The zero-order valence-electron chi connectivity index (χ0n) is 15.7. The van der Waals surface area contributed by atoms with E-state index in [1.165, 1.54) is 10.7 Å². The number of hydrogen-bond acceptors (Lipinski definition) is 7. The van der Waals surface area contributed by atoms with Crippen LogP contribution in [0.1, 0.15) is 26.7 Å². The van der Waals surface area contributed by atoms with Crippen LogP contribution in [0.5, 0.6) is 5.75 Å². The van der Waals surface area contributed by atoms with Crippen molar-refractivity contribution in [1.82, 2.24) is 30.0 Å². The molecule has 0 saturated carbocycles. The molecule has 0 fully saturated rings. The molecule has 0 saturated heterocycles. The zero-order chi connectivity index (χ0) is 23.5. The number of carbonyl (C=O) groups excluding carboxylic acids is 2. The molecule has 3 N–H and O–H groups in total. The van der Waals surface area contributed by atoms with Crippen LogP contribution in [0.15, 0.2) is 36.9 Å². The number of hydrogen-bond donors (Lipinski definition) is 2. The quantitative estimate of drug-likeness (QED) is 0.477. The maximum absolute atomic E-state index is 13.1. The first-order valence-corrected chi connectivity index (χ1v) is 8.89. The van der Waals surface area contributed by atoms with Gasteiger partial charge in [0, 0.05) is 16.7 Å². The normalized spacial score (nSPS) is 11.4. The summed E-state index contributed by atoms with van der Waals surface area (Å²) < 4.78 is 56.1. The van der Waals surface area contributed by atoms with Crippen molar-refractivity contribution in [2.75, 3.05) is 0 Å². The van der Waals surface area contributed by atoms with E-state index >= 15 is 0 Å². The third-order valence-electron chi connectivity index (χ3n) is 3.79. The molecule has 1 aromatic carbocycles. The van der Waals surface area contributed by atoms with Gasteiger partial charge in [-0.3, -0.25) is 9.59 Å². The van der Waals surface area contributed by atoms with Crippen molar-refractivity contribution in [3.8, 4) is 11.6 Å². The highest BCUT2D eigenvalue weighted by atomic mass is 35.5. The van der Waals surface area contributed by atoms with E-state index in [1.54, 1.807) is 0 Å². The summed E-state index contributed by atoms with van der Waals surface area (Å²) in [6, 6.07) is 4.06. The summed E-state index contributed by atoms with van der Waals surface area (Å²) in [5.74, 6) is -2.00. The van der Waals surface area contributed by atoms with Gasteiger partial charge in [0.15, 0.2) is 11.6 Å². The molecule has 10 nitrogen and oxygen atoms in total. The number of amides is 2. The Morgan fingerprint density at radius 1 is 1.16 bits per heavy atom. The van der Waals surface area contributed by atoms with Crippen LogP contribution in [0, 0.1) is 0 Å². The molecule has 2 aromatic heterocycles.